The number of piperidine rings is 1. The molecule has 1 fully saturated rings. The first-order chi connectivity index (χ1) is 10.6. The van der Waals surface area contributed by atoms with Crippen LogP contribution in [0.3, 0.4) is 0 Å². The lowest BCUT2D eigenvalue weighted by Gasteiger charge is -2.30. The van der Waals surface area contributed by atoms with E-state index < -0.39 is 11.9 Å². The molecule has 1 aromatic rings. The maximum atomic E-state index is 12.1. The molecule has 122 valence electrons. The van der Waals surface area contributed by atoms with Crippen LogP contribution < -0.4 is 0 Å². The Labute approximate surface area is 129 Å². The summed E-state index contributed by atoms with van der Waals surface area (Å²) in [6, 6.07) is 0. The highest BCUT2D eigenvalue weighted by molar-refractivity contribution is 5.78. The number of hydrogen-bond acceptors (Lipinski definition) is 5. The Kier molecular flexibility index (Phi) is 5.91. The Hall–Kier alpha value is -1.92. The molecule has 22 heavy (non-hydrogen) atoms. The second-order valence-corrected chi connectivity index (χ2v) is 5.73. The van der Waals surface area contributed by atoms with Crippen molar-refractivity contribution in [1.29, 1.82) is 0 Å². The van der Waals surface area contributed by atoms with E-state index in [0.717, 1.165) is 19.3 Å². The Morgan fingerprint density at radius 3 is 2.95 bits per heavy atom. The standard InChI is InChI=1S/C15H23N3O4/c1-2-5-12-16-13(22-17-12)7-3-8-14(19)18-9-4-6-11(10-18)15(20)21/h11H,2-10H2,1H3,(H,20,21). The third-order valence-electron chi connectivity index (χ3n) is 3.89. The third kappa shape index (κ3) is 4.54. The van der Waals surface area contributed by atoms with Crippen molar-refractivity contribution in [3.8, 4) is 0 Å². The number of carbonyl (C=O) groups excluding carboxylic acids is 1. The molecule has 2 heterocycles. The number of aromatic nitrogens is 2. The van der Waals surface area contributed by atoms with Gasteiger partial charge >= 0.3 is 5.97 Å². The van der Waals surface area contributed by atoms with Crippen molar-refractivity contribution in [2.75, 3.05) is 13.1 Å². The number of amides is 1. The van der Waals surface area contributed by atoms with E-state index in [0.29, 0.717) is 50.5 Å². The Morgan fingerprint density at radius 2 is 2.23 bits per heavy atom. The summed E-state index contributed by atoms with van der Waals surface area (Å²) in [4.78, 5) is 29.1. The van der Waals surface area contributed by atoms with Gasteiger partial charge in [-0.25, -0.2) is 0 Å². The van der Waals surface area contributed by atoms with Gasteiger partial charge in [0, 0.05) is 32.4 Å². The molecule has 0 aromatic carbocycles. The SMILES string of the molecule is CCCc1noc(CCCC(=O)N2CCCC(C(=O)O)C2)n1. The molecule has 1 atom stereocenters. The number of aliphatic carboxylic acids is 1. The topological polar surface area (TPSA) is 96.5 Å². The van der Waals surface area contributed by atoms with E-state index in [2.05, 4.69) is 17.1 Å². The predicted molar refractivity (Wildman–Crippen MR) is 78.2 cm³/mol. The summed E-state index contributed by atoms with van der Waals surface area (Å²) in [5.41, 5.74) is 0. The normalized spacial score (nSPS) is 18.4. The van der Waals surface area contributed by atoms with Crippen molar-refractivity contribution >= 4 is 11.9 Å². The van der Waals surface area contributed by atoms with E-state index in [9.17, 15) is 9.59 Å². The second kappa shape index (κ2) is 7.91. The zero-order chi connectivity index (χ0) is 15.9. The van der Waals surface area contributed by atoms with Crippen molar-refractivity contribution in [1.82, 2.24) is 15.0 Å². The Balaban J connectivity index is 1.73. The Bertz CT molecular complexity index is 515. The van der Waals surface area contributed by atoms with Crippen molar-refractivity contribution in [2.45, 2.75) is 51.9 Å². The molecule has 0 saturated carbocycles. The van der Waals surface area contributed by atoms with Gasteiger partial charge in [-0.15, -0.1) is 0 Å². The zero-order valence-electron chi connectivity index (χ0n) is 13.0. The van der Waals surface area contributed by atoms with Gasteiger partial charge < -0.3 is 14.5 Å². The number of carbonyl (C=O) groups is 2. The highest BCUT2D eigenvalue weighted by Crippen LogP contribution is 2.18. The first-order valence-electron chi connectivity index (χ1n) is 7.92. The summed E-state index contributed by atoms with van der Waals surface area (Å²) in [7, 11) is 0. The molecule has 0 spiro atoms. The molecule has 1 amide bonds. The van der Waals surface area contributed by atoms with Crippen LogP contribution in [0.15, 0.2) is 4.52 Å². The number of aryl methyl sites for hydroxylation is 2. The van der Waals surface area contributed by atoms with Crippen LogP contribution in [0.4, 0.5) is 0 Å². The molecule has 0 bridgehead atoms. The maximum Gasteiger partial charge on any atom is 0.308 e. The van der Waals surface area contributed by atoms with Crippen molar-refractivity contribution in [3.63, 3.8) is 0 Å². The van der Waals surface area contributed by atoms with Crippen molar-refractivity contribution in [2.24, 2.45) is 5.92 Å². The van der Waals surface area contributed by atoms with E-state index in [1.54, 1.807) is 4.90 Å². The molecule has 1 N–H and O–H groups in total. The lowest BCUT2D eigenvalue weighted by atomic mass is 9.98. The largest absolute Gasteiger partial charge is 0.481 e. The summed E-state index contributed by atoms with van der Waals surface area (Å²) in [5.74, 6) is 0.0544. The fraction of sp³-hybridized carbons (Fsp3) is 0.733. The first kappa shape index (κ1) is 16.5. The van der Waals surface area contributed by atoms with Crippen molar-refractivity contribution < 1.29 is 19.2 Å². The lowest BCUT2D eigenvalue weighted by molar-refractivity contribution is -0.145. The summed E-state index contributed by atoms with van der Waals surface area (Å²) in [5, 5.41) is 12.9. The molecule has 1 aliphatic rings. The molecule has 7 nitrogen and oxygen atoms in total. The smallest absolute Gasteiger partial charge is 0.308 e. The van der Waals surface area contributed by atoms with Gasteiger partial charge in [0.15, 0.2) is 5.82 Å². The van der Waals surface area contributed by atoms with Crippen LogP contribution in [0.25, 0.3) is 0 Å². The molecule has 1 unspecified atom stereocenters. The number of likely N-dealkylation sites (tertiary alicyclic amines) is 1. The van der Waals surface area contributed by atoms with Gasteiger partial charge in [-0.2, -0.15) is 4.98 Å². The predicted octanol–water partition coefficient (Wildman–Crippen LogP) is 1.67. The van der Waals surface area contributed by atoms with Crippen LogP contribution in [-0.4, -0.2) is 45.1 Å². The van der Waals surface area contributed by atoms with Crippen LogP contribution >= 0.6 is 0 Å². The van der Waals surface area contributed by atoms with Gasteiger partial charge in [-0.3, -0.25) is 9.59 Å². The summed E-state index contributed by atoms with van der Waals surface area (Å²) >= 11 is 0. The molecule has 1 saturated heterocycles. The molecule has 0 radical (unpaired) electrons. The minimum atomic E-state index is -0.813. The van der Waals surface area contributed by atoms with Crippen LogP contribution in [0.1, 0.15) is 50.7 Å². The minimum Gasteiger partial charge on any atom is -0.481 e. The van der Waals surface area contributed by atoms with Gasteiger partial charge in [-0.1, -0.05) is 12.1 Å². The fourth-order valence-corrected chi connectivity index (χ4v) is 2.67. The third-order valence-corrected chi connectivity index (χ3v) is 3.89. The summed E-state index contributed by atoms with van der Waals surface area (Å²) < 4.78 is 5.13. The van der Waals surface area contributed by atoms with E-state index >= 15 is 0 Å². The second-order valence-electron chi connectivity index (χ2n) is 5.73. The van der Waals surface area contributed by atoms with Crippen LogP contribution in [-0.2, 0) is 22.4 Å². The molecule has 0 aliphatic carbocycles. The van der Waals surface area contributed by atoms with E-state index in [-0.39, 0.29) is 5.91 Å². The highest BCUT2D eigenvalue weighted by Gasteiger charge is 2.27. The minimum absolute atomic E-state index is 0.0132. The molecule has 2 rings (SSSR count). The average molecular weight is 309 g/mol. The first-order valence-corrected chi connectivity index (χ1v) is 7.92. The van der Waals surface area contributed by atoms with Crippen LogP contribution in [0.2, 0.25) is 0 Å². The number of carboxylic acids is 1. The summed E-state index contributed by atoms with van der Waals surface area (Å²) in [6.45, 7) is 3.04. The Morgan fingerprint density at radius 1 is 1.41 bits per heavy atom. The maximum absolute atomic E-state index is 12.1. The summed E-state index contributed by atoms with van der Waals surface area (Å²) in [6.07, 6.45) is 4.79. The quantitative estimate of drug-likeness (QED) is 0.823. The van der Waals surface area contributed by atoms with Gasteiger partial charge in [-0.05, 0) is 25.7 Å². The monoisotopic (exact) mass is 309 g/mol. The molecule has 1 aromatic heterocycles. The lowest BCUT2D eigenvalue weighted by Crippen LogP contribution is -2.42. The van der Waals surface area contributed by atoms with Gasteiger partial charge in [0.25, 0.3) is 0 Å². The van der Waals surface area contributed by atoms with E-state index in [1.807, 2.05) is 0 Å². The molecular weight excluding hydrogens is 286 g/mol. The van der Waals surface area contributed by atoms with E-state index in [4.69, 9.17) is 9.63 Å². The molecule has 1 aliphatic heterocycles. The zero-order valence-corrected chi connectivity index (χ0v) is 13.0. The molecular formula is C15H23N3O4. The van der Waals surface area contributed by atoms with Gasteiger partial charge in [0.1, 0.15) is 0 Å². The van der Waals surface area contributed by atoms with Crippen LogP contribution in [0, 0.1) is 5.92 Å². The van der Waals surface area contributed by atoms with Gasteiger partial charge in [0.2, 0.25) is 11.8 Å². The molecule has 7 heteroatoms. The fourth-order valence-electron chi connectivity index (χ4n) is 2.67. The van der Waals surface area contributed by atoms with Crippen LogP contribution in [0.5, 0.6) is 0 Å². The highest BCUT2D eigenvalue weighted by atomic mass is 16.5. The number of rotatable bonds is 7. The van der Waals surface area contributed by atoms with E-state index in [1.165, 1.54) is 0 Å². The number of nitrogens with zero attached hydrogens (tertiary/aromatic N) is 3. The number of hydrogen-bond donors (Lipinski definition) is 1. The average Bonchev–Trinajstić information content (AvgIpc) is 2.95. The van der Waals surface area contributed by atoms with Crippen molar-refractivity contribution in [3.05, 3.63) is 11.7 Å². The number of carboxylic acid groups (broad SMARTS) is 1. The van der Waals surface area contributed by atoms with Gasteiger partial charge in [0.05, 0.1) is 5.92 Å².